The van der Waals surface area contributed by atoms with Gasteiger partial charge in [-0.05, 0) is 31.7 Å². The van der Waals surface area contributed by atoms with Gasteiger partial charge in [0.25, 0.3) is 5.91 Å². The lowest BCUT2D eigenvalue weighted by Crippen LogP contribution is -2.48. The van der Waals surface area contributed by atoms with Crippen molar-refractivity contribution in [3.63, 3.8) is 0 Å². The van der Waals surface area contributed by atoms with Gasteiger partial charge in [-0.2, -0.15) is 0 Å². The number of nitrogens with zero attached hydrogens (tertiary/aromatic N) is 2. The first-order valence-corrected chi connectivity index (χ1v) is 10.5. The predicted molar refractivity (Wildman–Crippen MR) is 121 cm³/mol. The van der Waals surface area contributed by atoms with Crippen LogP contribution in [-0.2, 0) is 0 Å². The van der Waals surface area contributed by atoms with Crippen LogP contribution in [0.2, 0.25) is 0 Å². The molecule has 1 N–H and O–H groups in total. The largest absolute Gasteiger partial charge is 0.493 e. The fourth-order valence-electron chi connectivity index (χ4n) is 3.88. The SMILES string of the molecule is COc1cc(C(=O)NC[C@H](c2ccc(C)cc2)N2CCN(C)CC2)cc(OC)c1OC. The molecule has 1 amide bonds. The summed E-state index contributed by atoms with van der Waals surface area (Å²) in [5.74, 6) is 1.21. The minimum atomic E-state index is -0.175. The number of hydrogen-bond acceptors (Lipinski definition) is 6. The molecule has 1 atom stereocenters. The van der Waals surface area contributed by atoms with Gasteiger partial charge >= 0.3 is 0 Å². The van der Waals surface area contributed by atoms with Gasteiger partial charge in [-0.15, -0.1) is 0 Å². The summed E-state index contributed by atoms with van der Waals surface area (Å²) in [6, 6.07) is 12.0. The molecule has 7 nitrogen and oxygen atoms in total. The lowest BCUT2D eigenvalue weighted by atomic mass is 10.0. The Morgan fingerprint density at radius 2 is 1.55 bits per heavy atom. The van der Waals surface area contributed by atoms with E-state index in [1.165, 1.54) is 11.1 Å². The Bertz CT molecular complexity index is 852. The van der Waals surface area contributed by atoms with Gasteiger partial charge in [0.15, 0.2) is 11.5 Å². The van der Waals surface area contributed by atoms with Crippen molar-refractivity contribution in [3.8, 4) is 17.2 Å². The Labute approximate surface area is 184 Å². The number of ether oxygens (including phenoxy) is 3. The maximum atomic E-state index is 13.0. The normalized spacial score (nSPS) is 15.9. The van der Waals surface area contributed by atoms with Gasteiger partial charge in [-0.25, -0.2) is 0 Å². The van der Waals surface area contributed by atoms with Gasteiger partial charge in [0.05, 0.1) is 27.4 Å². The molecule has 1 aliphatic heterocycles. The standard InChI is InChI=1S/C24H33N3O4/c1-17-6-8-18(9-7-17)20(27-12-10-26(2)11-13-27)16-25-24(28)19-14-21(29-3)23(31-5)22(15-19)30-4/h6-9,14-15,20H,10-13,16H2,1-5H3,(H,25,28)/t20-/m1/s1. The summed E-state index contributed by atoms with van der Waals surface area (Å²) in [5, 5.41) is 3.11. The zero-order valence-corrected chi connectivity index (χ0v) is 19.1. The van der Waals surface area contributed by atoms with E-state index >= 15 is 0 Å². The minimum Gasteiger partial charge on any atom is -0.493 e. The molecule has 2 aromatic rings. The van der Waals surface area contributed by atoms with Crippen LogP contribution in [0.5, 0.6) is 17.2 Å². The molecule has 0 radical (unpaired) electrons. The number of carbonyl (C=O) groups is 1. The van der Waals surface area contributed by atoms with E-state index in [4.69, 9.17) is 14.2 Å². The predicted octanol–water partition coefficient (Wildman–Crippen LogP) is 2.74. The van der Waals surface area contributed by atoms with Crippen molar-refractivity contribution in [3.05, 3.63) is 53.1 Å². The van der Waals surface area contributed by atoms with E-state index in [0.29, 0.717) is 29.4 Å². The number of carbonyl (C=O) groups excluding carboxylic acids is 1. The summed E-state index contributed by atoms with van der Waals surface area (Å²) in [6.07, 6.45) is 0. The molecule has 1 fully saturated rings. The van der Waals surface area contributed by atoms with E-state index in [1.54, 1.807) is 33.5 Å². The summed E-state index contributed by atoms with van der Waals surface area (Å²) in [7, 11) is 6.77. The van der Waals surface area contributed by atoms with Gasteiger partial charge < -0.3 is 24.4 Å². The van der Waals surface area contributed by atoms with Crippen molar-refractivity contribution < 1.29 is 19.0 Å². The highest BCUT2D eigenvalue weighted by atomic mass is 16.5. The molecule has 0 unspecified atom stereocenters. The highest BCUT2D eigenvalue weighted by Gasteiger charge is 2.25. The van der Waals surface area contributed by atoms with Crippen LogP contribution in [0.1, 0.15) is 27.5 Å². The Morgan fingerprint density at radius 1 is 0.968 bits per heavy atom. The third-order valence-corrected chi connectivity index (χ3v) is 5.82. The number of hydrogen-bond donors (Lipinski definition) is 1. The molecule has 0 saturated carbocycles. The van der Waals surface area contributed by atoms with Gasteiger partial charge in [-0.3, -0.25) is 9.69 Å². The third kappa shape index (κ3) is 5.48. The lowest BCUT2D eigenvalue weighted by Gasteiger charge is -2.38. The third-order valence-electron chi connectivity index (χ3n) is 5.82. The summed E-state index contributed by atoms with van der Waals surface area (Å²) in [6.45, 7) is 6.57. The van der Waals surface area contributed by atoms with Gasteiger partial charge in [-0.1, -0.05) is 29.8 Å². The quantitative estimate of drug-likeness (QED) is 0.699. The Balaban J connectivity index is 1.79. The van der Waals surface area contributed by atoms with Crippen LogP contribution < -0.4 is 19.5 Å². The first-order chi connectivity index (χ1) is 15.0. The van der Waals surface area contributed by atoms with Crippen molar-refractivity contribution in [1.29, 1.82) is 0 Å². The Morgan fingerprint density at radius 3 is 2.06 bits per heavy atom. The number of likely N-dealkylation sites (N-methyl/N-ethyl adjacent to an activating group) is 1. The van der Waals surface area contributed by atoms with E-state index < -0.39 is 0 Å². The summed E-state index contributed by atoms with van der Waals surface area (Å²) < 4.78 is 16.1. The van der Waals surface area contributed by atoms with E-state index in [2.05, 4.69) is 53.4 Å². The molecule has 7 heteroatoms. The maximum Gasteiger partial charge on any atom is 0.251 e. The average Bonchev–Trinajstić information content (AvgIpc) is 2.80. The summed E-state index contributed by atoms with van der Waals surface area (Å²) in [5.41, 5.74) is 2.90. The zero-order valence-electron chi connectivity index (χ0n) is 19.1. The molecule has 2 aromatic carbocycles. The van der Waals surface area contributed by atoms with Crippen LogP contribution in [0.15, 0.2) is 36.4 Å². The average molecular weight is 428 g/mol. The highest BCUT2D eigenvalue weighted by molar-refractivity contribution is 5.95. The van der Waals surface area contributed by atoms with E-state index in [0.717, 1.165) is 26.2 Å². The van der Waals surface area contributed by atoms with Crippen LogP contribution in [-0.4, -0.2) is 76.8 Å². The van der Waals surface area contributed by atoms with Crippen LogP contribution in [0, 0.1) is 6.92 Å². The number of rotatable bonds is 8. The summed E-state index contributed by atoms with van der Waals surface area (Å²) >= 11 is 0. The van der Waals surface area contributed by atoms with E-state index in [-0.39, 0.29) is 11.9 Å². The first-order valence-electron chi connectivity index (χ1n) is 10.5. The van der Waals surface area contributed by atoms with Gasteiger partial charge in [0.2, 0.25) is 5.75 Å². The topological polar surface area (TPSA) is 63.3 Å². The number of nitrogens with one attached hydrogen (secondary N) is 1. The van der Waals surface area contributed by atoms with E-state index in [9.17, 15) is 4.79 Å². The first kappa shape index (κ1) is 22.9. The van der Waals surface area contributed by atoms with E-state index in [1.807, 2.05) is 0 Å². The Kier molecular flexibility index (Phi) is 7.76. The van der Waals surface area contributed by atoms with Crippen molar-refractivity contribution in [1.82, 2.24) is 15.1 Å². The highest BCUT2D eigenvalue weighted by Crippen LogP contribution is 2.38. The molecular formula is C24H33N3O4. The number of aryl methyl sites for hydroxylation is 1. The number of benzene rings is 2. The molecular weight excluding hydrogens is 394 g/mol. The molecule has 1 heterocycles. The second kappa shape index (κ2) is 10.5. The van der Waals surface area contributed by atoms with Crippen molar-refractivity contribution >= 4 is 5.91 Å². The molecule has 3 rings (SSSR count). The van der Waals surface area contributed by atoms with Gasteiger partial charge in [0, 0.05) is 38.3 Å². The molecule has 0 aromatic heterocycles. The molecule has 0 bridgehead atoms. The van der Waals surface area contributed by atoms with Crippen molar-refractivity contribution in [2.45, 2.75) is 13.0 Å². The number of piperazine rings is 1. The number of methoxy groups -OCH3 is 3. The fourth-order valence-corrected chi connectivity index (χ4v) is 3.88. The van der Waals surface area contributed by atoms with Crippen LogP contribution in [0.3, 0.4) is 0 Å². The van der Waals surface area contributed by atoms with Crippen LogP contribution in [0.4, 0.5) is 0 Å². The zero-order chi connectivity index (χ0) is 22.4. The molecule has 0 aliphatic carbocycles. The second-order valence-electron chi connectivity index (χ2n) is 7.89. The van der Waals surface area contributed by atoms with Crippen LogP contribution in [0.25, 0.3) is 0 Å². The minimum absolute atomic E-state index is 0.111. The molecule has 31 heavy (non-hydrogen) atoms. The number of amides is 1. The smallest absolute Gasteiger partial charge is 0.251 e. The lowest BCUT2D eigenvalue weighted by molar-refractivity contribution is 0.0885. The van der Waals surface area contributed by atoms with Crippen LogP contribution >= 0.6 is 0 Å². The second-order valence-corrected chi connectivity index (χ2v) is 7.89. The van der Waals surface area contributed by atoms with Crippen molar-refractivity contribution in [2.24, 2.45) is 0 Å². The molecule has 1 aliphatic rings. The summed E-state index contributed by atoms with van der Waals surface area (Å²) in [4.78, 5) is 17.8. The van der Waals surface area contributed by atoms with Crippen molar-refractivity contribution in [2.75, 3.05) is 61.1 Å². The monoisotopic (exact) mass is 427 g/mol. The fraction of sp³-hybridized carbons (Fsp3) is 0.458. The molecule has 168 valence electrons. The molecule has 1 saturated heterocycles. The molecule has 0 spiro atoms. The maximum absolute atomic E-state index is 13.0. The van der Waals surface area contributed by atoms with Gasteiger partial charge in [0.1, 0.15) is 0 Å². The Hall–Kier alpha value is -2.77.